The maximum atomic E-state index is 8.66. The maximum Gasteiger partial charge on any atom is 0.102 e. The molecule has 0 atom stereocenters. The number of nitrogens with zero attached hydrogens (tertiary/aromatic N) is 1. The Morgan fingerprint density at radius 1 is 1.36 bits per heavy atom. The highest BCUT2D eigenvalue weighted by Gasteiger charge is 2.05. The summed E-state index contributed by atoms with van der Waals surface area (Å²) in [6, 6.07) is 5.51. The predicted molar refractivity (Wildman–Crippen MR) is 51.0 cm³/mol. The van der Waals surface area contributed by atoms with Gasteiger partial charge in [-0.05, 0) is 44.0 Å². The van der Waals surface area contributed by atoms with Crippen LogP contribution in [-0.2, 0) is 0 Å². The molecule has 2 N–H and O–H groups in total. The van der Waals surface area contributed by atoms with E-state index >= 15 is 0 Å². The summed E-state index contributed by atoms with van der Waals surface area (Å²) in [5.41, 5.74) is 6.65. The van der Waals surface area contributed by atoms with Crippen LogP contribution in [0, 0.1) is 11.3 Å². The van der Waals surface area contributed by atoms with Crippen LogP contribution in [0.2, 0.25) is 0 Å². The molecule has 0 fully saturated rings. The Bertz CT molecular complexity index is 328. The number of nitrogens with two attached hydrogens (primary N) is 1. The highest BCUT2D eigenvalue weighted by atomic mass is 79.9. The number of benzene rings is 1. The molecule has 0 aliphatic carbocycles. The van der Waals surface area contributed by atoms with Gasteiger partial charge in [-0.15, -0.1) is 0 Å². The van der Waals surface area contributed by atoms with Crippen LogP contribution in [0.4, 0.5) is 5.69 Å². The number of rotatable bonds is 0. The summed E-state index contributed by atoms with van der Waals surface area (Å²) in [7, 11) is 0. The highest BCUT2D eigenvalue weighted by molar-refractivity contribution is 9.11. The van der Waals surface area contributed by atoms with Gasteiger partial charge in [0.15, 0.2) is 0 Å². The van der Waals surface area contributed by atoms with Gasteiger partial charge in [-0.2, -0.15) is 5.26 Å². The molecule has 1 aromatic rings. The minimum atomic E-state index is 0.532. The molecule has 0 spiro atoms. The van der Waals surface area contributed by atoms with Crippen LogP contribution in [0.1, 0.15) is 5.56 Å². The molecule has 0 saturated carbocycles. The van der Waals surface area contributed by atoms with Crippen molar-refractivity contribution in [3.8, 4) is 6.07 Å². The van der Waals surface area contributed by atoms with Gasteiger partial charge in [0.2, 0.25) is 0 Å². The first-order valence-corrected chi connectivity index (χ1v) is 4.39. The third-order valence-electron chi connectivity index (χ3n) is 1.23. The average molecular weight is 276 g/mol. The van der Waals surface area contributed by atoms with Crippen molar-refractivity contribution in [3.05, 3.63) is 26.6 Å². The molecule has 0 bridgehead atoms. The van der Waals surface area contributed by atoms with Gasteiger partial charge in [0.1, 0.15) is 6.07 Å². The predicted octanol–water partition coefficient (Wildman–Crippen LogP) is 2.67. The fourth-order valence-corrected chi connectivity index (χ4v) is 1.79. The molecular weight excluding hydrogens is 272 g/mol. The zero-order valence-corrected chi connectivity index (χ0v) is 8.61. The van der Waals surface area contributed by atoms with Crippen molar-refractivity contribution in [2.45, 2.75) is 0 Å². The second-order valence-corrected chi connectivity index (χ2v) is 3.58. The summed E-state index contributed by atoms with van der Waals surface area (Å²) in [4.78, 5) is 0. The van der Waals surface area contributed by atoms with E-state index in [9.17, 15) is 0 Å². The number of halogens is 2. The van der Waals surface area contributed by atoms with Crippen LogP contribution < -0.4 is 5.73 Å². The lowest BCUT2D eigenvalue weighted by molar-refractivity contribution is 1.44. The van der Waals surface area contributed by atoms with E-state index in [0.717, 1.165) is 4.47 Å². The van der Waals surface area contributed by atoms with E-state index in [1.165, 1.54) is 0 Å². The first-order valence-electron chi connectivity index (χ1n) is 2.80. The van der Waals surface area contributed by atoms with E-state index in [0.29, 0.717) is 15.7 Å². The Labute approximate surface area is 81.3 Å². The summed E-state index contributed by atoms with van der Waals surface area (Å²) >= 11 is 6.45. The van der Waals surface area contributed by atoms with E-state index in [1.807, 2.05) is 6.07 Å². The largest absolute Gasteiger partial charge is 0.398 e. The highest BCUT2D eigenvalue weighted by Crippen LogP contribution is 2.29. The lowest BCUT2D eigenvalue weighted by atomic mass is 10.2. The zero-order valence-electron chi connectivity index (χ0n) is 5.44. The van der Waals surface area contributed by atoms with Crippen molar-refractivity contribution < 1.29 is 0 Å². The van der Waals surface area contributed by atoms with Gasteiger partial charge < -0.3 is 5.73 Å². The van der Waals surface area contributed by atoms with Crippen LogP contribution in [0.15, 0.2) is 21.1 Å². The molecule has 1 rings (SSSR count). The summed E-state index contributed by atoms with van der Waals surface area (Å²) in [6.45, 7) is 0. The fraction of sp³-hybridized carbons (Fsp3) is 0. The van der Waals surface area contributed by atoms with Gasteiger partial charge in [-0.3, -0.25) is 0 Å². The molecule has 56 valence electrons. The summed E-state index contributed by atoms with van der Waals surface area (Å²) in [5, 5.41) is 8.66. The Balaban J connectivity index is 3.44. The fourth-order valence-electron chi connectivity index (χ4n) is 0.671. The first kappa shape index (κ1) is 8.57. The second kappa shape index (κ2) is 3.24. The van der Waals surface area contributed by atoms with Crippen LogP contribution >= 0.6 is 31.9 Å². The Morgan fingerprint density at radius 3 is 2.45 bits per heavy atom. The van der Waals surface area contributed by atoms with E-state index < -0.39 is 0 Å². The molecule has 0 radical (unpaired) electrons. The smallest absolute Gasteiger partial charge is 0.102 e. The van der Waals surface area contributed by atoms with Crippen LogP contribution in [0.5, 0.6) is 0 Å². The number of nitriles is 1. The van der Waals surface area contributed by atoms with Crippen molar-refractivity contribution in [1.29, 1.82) is 5.26 Å². The monoisotopic (exact) mass is 274 g/mol. The molecule has 4 heteroatoms. The third kappa shape index (κ3) is 1.55. The van der Waals surface area contributed by atoms with Crippen molar-refractivity contribution in [2.24, 2.45) is 0 Å². The van der Waals surface area contributed by atoms with Crippen molar-refractivity contribution in [1.82, 2.24) is 0 Å². The topological polar surface area (TPSA) is 49.8 Å². The van der Waals surface area contributed by atoms with Crippen LogP contribution in [0.3, 0.4) is 0 Å². The number of hydrogen-bond donors (Lipinski definition) is 1. The lowest BCUT2D eigenvalue weighted by Crippen LogP contribution is -1.89. The van der Waals surface area contributed by atoms with Crippen molar-refractivity contribution >= 4 is 37.5 Å². The second-order valence-electron chi connectivity index (χ2n) is 1.94. The molecule has 0 heterocycles. The molecule has 0 amide bonds. The molecule has 0 aliphatic rings. The first-order chi connectivity index (χ1) is 5.16. The average Bonchev–Trinajstić information content (AvgIpc) is 1.99. The van der Waals surface area contributed by atoms with E-state index in [1.54, 1.807) is 12.1 Å². The molecule has 0 aromatic heterocycles. The zero-order chi connectivity index (χ0) is 8.43. The minimum absolute atomic E-state index is 0.532. The number of anilines is 1. The van der Waals surface area contributed by atoms with E-state index in [2.05, 4.69) is 31.9 Å². The molecule has 0 aliphatic heterocycles. The molecular formula is C7H4Br2N2. The van der Waals surface area contributed by atoms with E-state index in [-0.39, 0.29) is 0 Å². The van der Waals surface area contributed by atoms with Crippen molar-refractivity contribution in [3.63, 3.8) is 0 Å². The summed E-state index contributed by atoms with van der Waals surface area (Å²) < 4.78 is 1.40. The quantitative estimate of drug-likeness (QED) is 0.740. The Kier molecular flexibility index (Phi) is 2.53. The Morgan fingerprint density at radius 2 is 2.00 bits per heavy atom. The molecule has 1 aromatic carbocycles. The van der Waals surface area contributed by atoms with Gasteiger partial charge in [-0.25, -0.2) is 0 Å². The maximum absolute atomic E-state index is 8.66. The van der Waals surface area contributed by atoms with Crippen molar-refractivity contribution in [2.75, 3.05) is 5.73 Å². The van der Waals surface area contributed by atoms with Gasteiger partial charge in [-0.1, -0.05) is 0 Å². The Hall–Kier alpha value is -0.530. The van der Waals surface area contributed by atoms with Gasteiger partial charge in [0, 0.05) is 10.2 Å². The third-order valence-corrected chi connectivity index (χ3v) is 2.75. The SMILES string of the molecule is N#Cc1c(Br)ccc(N)c1Br. The number of hydrogen-bond acceptors (Lipinski definition) is 2. The molecule has 0 unspecified atom stereocenters. The summed E-state index contributed by atoms with van der Waals surface area (Å²) in [6.07, 6.45) is 0. The van der Waals surface area contributed by atoms with Crippen LogP contribution in [0.25, 0.3) is 0 Å². The molecule has 11 heavy (non-hydrogen) atoms. The number of nitrogen functional groups attached to an aromatic ring is 1. The summed E-state index contributed by atoms with van der Waals surface area (Å²) in [5.74, 6) is 0. The van der Waals surface area contributed by atoms with E-state index in [4.69, 9.17) is 11.0 Å². The minimum Gasteiger partial charge on any atom is -0.398 e. The molecule has 0 saturated heterocycles. The normalized spacial score (nSPS) is 9.18. The van der Waals surface area contributed by atoms with Gasteiger partial charge >= 0.3 is 0 Å². The van der Waals surface area contributed by atoms with Gasteiger partial charge in [0.05, 0.1) is 10.0 Å². The lowest BCUT2D eigenvalue weighted by Gasteiger charge is -2.00. The van der Waals surface area contributed by atoms with Crippen LogP contribution in [-0.4, -0.2) is 0 Å². The molecule has 2 nitrogen and oxygen atoms in total. The standard InChI is InChI=1S/C7H4Br2N2/c8-5-1-2-6(11)7(9)4(5)3-10/h1-2H,11H2. The van der Waals surface area contributed by atoms with Gasteiger partial charge in [0.25, 0.3) is 0 Å².